The molecule has 0 spiro atoms. The van der Waals surface area contributed by atoms with Gasteiger partial charge < -0.3 is 10.5 Å². The van der Waals surface area contributed by atoms with Gasteiger partial charge in [0, 0.05) is 0 Å². The van der Waals surface area contributed by atoms with Crippen LogP contribution in [0.1, 0.15) is 0 Å². The van der Waals surface area contributed by atoms with Gasteiger partial charge >= 0.3 is 18.0 Å². The van der Waals surface area contributed by atoms with Gasteiger partial charge in [-0.2, -0.15) is 30.7 Å². The minimum Gasteiger partial charge on any atom is -0.485 e. The number of nitrogens with two attached hydrogens (primary N) is 1. The quantitative estimate of drug-likeness (QED) is 0.681. The van der Waals surface area contributed by atoms with Crippen molar-refractivity contribution in [3.05, 3.63) is 24.3 Å². The molecule has 1 aromatic carbocycles. The lowest BCUT2D eigenvalue weighted by atomic mass is 10.2. The number of hydrogen-bond donors (Lipinski definition) is 1. The van der Waals surface area contributed by atoms with Gasteiger partial charge in [-0.05, 0) is 12.1 Å². The second-order valence-corrected chi connectivity index (χ2v) is 3.60. The molecule has 0 amide bonds. The monoisotopic (exact) mass is 291 g/mol. The van der Waals surface area contributed by atoms with Crippen LogP contribution in [0.2, 0.25) is 0 Å². The summed E-state index contributed by atoms with van der Waals surface area (Å²) in [4.78, 5) is 0. The van der Waals surface area contributed by atoms with E-state index in [1.165, 1.54) is 18.2 Å². The Kier molecular flexibility index (Phi) is 3.87. The van der Waals surface area contributed by atoms with Gasteiger partial charge in [-0.15, -0.1) is 0 Å². The first-order chi connectivity index (χ1) is 8.49. The molecule has 2 nitrogen and oxygen atoms in total. The maximum atomic E-state index is 12.9. The van der Waals surface area contributed by atoms with Gasteiger partial charge in [-0.1, -0.05) is 12.1 Å². The van der Waals surface area contributed by atoms with Crippen LogP contribution in [0, 0.1) is 0 Å². The number of ether oxygens (including phenoxy) is 1. The number of alkyl halides is 7. The highest BCUT2D eigenvalue weighted by atomic mass is 19.4. The Labute approximate surface area is 103 Å². The number of rotatable bonds is 4. The van der Waals surface area contributed by atoms with E-state index in [9.17, 15) is 30.7 Å². The van der Waals surface area contributed by atoms with E-state index in [-0.39, 0.29) is 5.69 Å². The summed E-state index contributed by atoms with van der Waals surface area (Å²) in [6, 6.07) is 4.99. The number of halogens is 7. The molecule has 0 saturated carbocycles. The van der Waals surface area contributed by atoms with Crippen LogP contribution >= 0.6 is 0 Å². The molecule has 1 aromatic rings. The largest absolute Gasteiger partial charge is 0.485 e. The maximum Gasteiger partial charge on any atom is 0.460 e. The van der Waals surface area contributed by atoms with E-state index in [4.69, 9.17) is 5.73 Å². The first kappa shape index (κ1) is 15.4. The minimum absolute atomic E-state index is 0.159. The van der Waals surface area contributed by atoms with Crippen molar-refractivity contribution in [2.24, 2.45) is 0 Å². The first-order valence-corrected chi connectivity index (χ1v) is 4.79. The fourth-order valence-corrected chi connectivity index (χ4v) is 1.08. The Morgan fingerprint density at radius 3 is 1.95 bits per heavy atom. The summed E-state index contributed by atoms with van der Waals surface area (Å²) >= 11 is 0. The van der Waals surface area contributed by atoms with Crippen molar-refractivity contribution in [1.29, 1.82) is 0 Å². The topological polar surface area (TPSA) is 35.2 Å². The summed E-state index contributed by atoms with van der Waals surface area (Å²) in [5.41, 5.74) is 5.11. The van der Waals surface area contributed by atoms with Crippen LogP contribution in [0.15, 0.2) is 24.3 Å². The van der Waals surface area contributed by atoms with E-state index in [0.717, 1.165) is 6.07 Å². The van der Waals surface area contributed by atoms with Crippen LogP contribution in [0.3, 0.4) is 0 Å². The summed E-state index contributed by atoms with van der Waals surface area (Å²) in [5, 5.41) is 0. The molecule has 0 aliphatic heterocycles. The molecule has 2 N–H and O–H groups in total. The molecule has 0 radical (unpaired) electrons. The van der Waals surface area contributed by atoms with Gasteiger partial charge in [-0.3, -0.25) is 0 Å². The van der Waals surface area contributed by atoms with Crippen LogP contribution in [-0.2, 0) is 0 Å². The Balaban J connectivity index is 2.84. The molecule has 0 bridgehead atoms. The molecule has 19 heavy (non-hydrogen) atoms. The molecule has 0 unspecified atom stereocenters. The van der Waals surface area contributed by atoms with Crippen molar-refractivity contribution >= 4 is 5.69 Å². The minimum atomic E-state index is -6.37. The van der Waals surface area contributed by atoms with E-state index in [2.05, 4.69) is 4.74 Å². The Hall–Kier alpha value is -1.67. The molecular formula is C10H8F7NO. The summed E-state index contributed by atoms with van der Waals surface area (Å²) in [5.74, 6) is -12.0. The molecule has 9 heteroatoms. The number of hydrogen-bond acceptors (Lipinski definition) is 2. The lowest BCUT2D eigenvalue weighted by Crippen LogP contribution is -2.54. The second kappa shape index (κ2) is 4.78. The van der Waals surface area contributed by atoms with Gasteiger partial charge in [0.15, 0.2) is 6.61 Å². The molecular weight excluding hydrogens is 283 g/mol. The second-order valence-electron chi connectivity index (χ2n) is 3.60. The van der Waals surface area contributed by atoms with Crippen LogP contribution in [0.4, 0.5) is 36.4 Å². The Morgan fingerprint density at radius 1 is 0.947 bits per heavy atom. The summed E-state index contributed by atoms with van der Waals surface area (Å²) in [7, 11) is 0. The number of anilines is 1. The maximum absolute atomic E-state index is 12.9. The van der Waals surface area contributed by atoms with Gasteiger partial charge in [-0.25, -0.2) is 0 Å². The van der Waals surface area contributed by atoms with Gasteiger partial charge in [0.25, 0.3) is 0 Å². The standard InChI is InChI=1S/C10H8F7NO/c11-8(12,9(13,14)10(15,16)17)5-19-7-4-2-1-3-6(7)18/h1-4H,5,18H2. The van der Waals surface area contributed by atoms with E-state index in [0.29, 0.717) is 0 Å². The lowest BCUT2D eigenvalue weighted by molar-refractivity contribution is -0.358. The number of benzene rings is 1. The van der Waals surface area contributed by atoms with Crippen LogP contribution in [-0.4, -0.2) is 24.6 Å². The number of nitrogen functional groups attached to an aromatic ring is 1. The van der Waals surface area contributed by atoms with E-state index in [1.54, 1.807) is 0 Å². The Bertz CT molecular complexity index is 444. The van der Waals surface area contributed by atoms with Crippen molar-refractivity contribution in [3.8, 4) is 5.75 Å². The highest BCUT2D eigenvalue weighted by Crippen LogP contribution is 2.46. The average molecular weight is 291 g/mol. The summed E-state index contributed by atoms with van der Waals surface area (Å²) < 4.78 is 90.5. The van der Waals surface area contributed by atoms with E-state index >= 15 is 0 Å². The van der Waals surface area contributed by atoms with E-state index < -0.39 is 30.4 Å². The fourth-order valence-electron chi connectivity index (χ4n) is 1.08. The smallest absolute Gasteiger partial charge is 0.460 e. The third kappa shape index (κ3) is 3.02. The average Bonchev–Trinajstić information content (AvgIpc) is 2.26. The van der Waals surface area contributed by atoms with Crippen molar-refractivity contribution in [2.75, 3.05) is 12.3 Å². The van der Waals surface area contributed by atoms with E-state index in [1.807, 2.05) is 0 Å². The van der Waals surface area contributed by atoms with Crippen molar-refractivity contribution in [3.63, 3.8) is 0 Å². The number of para-hydroxylation sites is 2. The van der Waals surface area contributed by atoms with Gasteiger partial charge in [0.2, 0.25) is 0 Å². The van der Waals surface area contributed by atoms with Gasteiger partial charge in [0.1, 0.15) is 5.75 Å². The molecule has 0 aliphatic rings. The summed E-state index contributed by atoms with van der Waals surface area (Å²) in [6.07, 6.45) is -6.37. The summed E-state index contributed by atoms with van der Waals surface area (Å²) in [6.45, 7) is -2.15. The zero-order chi connectivity index (χ0) is 14.9. The predicted octanol–water partition coefficient (Wildman–Crippen LogP) is 3.48. The molecule has 108 valence electrons. The molecule has 0 saturated heterocycles. The molecule has 0 fully saturated rings. The highest BCUT2D eigenvalue weighted by Gasteiger charge is 2.73. The Morgan fingerprint density at radius 2 is 1.47 bits per heavy atom. The molecule has 0 aromatic heterocycles. The molecule has 0 aliphatic carbocycles. The predicted molar refractivity (Wildman–Crippen MR) is 52.3 cm³/mol. The lowest BCUT2D eigenvalue weighted by Gasteiger charge is -2.28. The third-order valence-corrected chi connectivity index (χ3v) is 2.14. The van der Waals surface area contributed by atoms with Crippen molar-refractivity contribution in [2.45, 2.75) is 18.0 Å². The SMILES string of the molecule is Nc1ccccc1OCC(F)(F)C(F)(F)C(F)(F)F. The zero-order valence-electron chi connectivity index (χ0n) is 9.15. The van der Waals surface area contributed by atoms with Crippen LogP contribution in [0.5, 0.6) is 5.75 Å². The van der Waals surface area contributed by atoms with Crippen LogP contribution in [0.25, 0.3) is 0 Å². The molecule has 0 atom stereocenters. The zero-order valence-corrected chi connectivity index (χ0v) is 9.15. The third-order valence-electron chi connectivity index (χ3n) is 2.14. The normalized spacial score (nSPS) is 13.4. The van der Waals surface area contributed by atoms with Crippen molar-refractivity contribution in [1.82, 2.24) is 0 Å². The molecule has 0 heterocycles. The highest BCUT2D eigenvalue weighted by molar-refractivity contribution is 5.51. The van der Waals surface area contributed by atoms with Gasteiger partial charge in [0.05, 0.1) is 5.69 Å². The fraction of sp³-hybridized carbons (Fsp3) is 0.400. The molecule has 1 rings (SSSR count). The first-order valence-electron chi connectivity index (χ1n) is 4.79. The van der Waals surface area contributed by atoms with Crippen molar-refractivity contribution < 1.29 is 35.5 Å². The van der Waals surface area contributed by atoms with Crippen LogP contribution < -0.4 is 10.5 Å².